The number of rotatable bonds is 20. The predicted molar refractivity (Wildman–Crippen MR) is 129 cm³/mol. The fraction of sp³-hybridized carbons (Fsp3) is 0.833. The highest BCUT2D eigenvalue weighted by Crippen LogP contribution is 2.09. The van der Waals surface area contributed by atoms with Gasteiger partial charge in [-0.05, 0) is 12.8 Å². The van der Waals surface area contributed by atoms with Gasteiger partial charge in [-0.1, -0.05) is 90.9 Å². The van der Waals surface area contributed by atoms with Crippen molar-refractivity contribution in [2.24, 2.45) is 0 Å². The number of carbonyl (C=O) groups excluding carboxylic acids is 4. The standard InChI is InChI=1S/2C12H23NO4/c2*1-2-3-4-5-6-7-8-9-11(14)13-10-12(15)17-16/h2*16H,2-10H2,1H3,(H,13,14). The van der Waals surface area contributed by atoms with E-state index >= 15 is 0 Å². The van der Waals surface area contributed by atoms with Gasteiger partial charge in [0.05, 0.1) is 0 Å². The molecule has 0 heterocycles. The first-order chi connectivity index (χ1) is 16.4. The fourth-order valence-corrected chi connectivity index (χ4v) is 3.07. The van der Waals surface area contributed by atoms with Gasteiger partial charge >= 0.3 is 11.9 Å². The molecule has 2 amide bonds. The molecule has 10 nitrogen and oxygen atoms in total. The minimum Gasteiger partial charge on any atom is -0.345 e. The van der Waals surface area contributed by atoms with E-state index in [-0.39, 0.29) is 24.9 Å². The molecule has 200 valence electrons. The normalized spacial score (nSPS) is 10.0. The summed E-state index contributed by atoms with van der Waals surface area (Å²) >= 11 is 0. The van der Waals surface area contributed by atoms with Crippen LogP contribution in [0, 0.1) is 0 Å². The molecule has 0 aliphatic rings. The van der Waals surface area contributed by atoms with Gasteiger partial charge in [0.1, 0.15) is 13.1 Å². The van der Waals surface area contributed by atoms with Gasteiger partial charge in [0.25, 0.3) is 0 Å². The van der Waals surface area contributed by atoms with Crippen LogP contribution in [0.4, 0.5) is 0 Å². The van der Waals surface area contributed by atoms with Gasteiger partial charge in [-0.3, -0.25) is 19.4 Å². The largest absolute Gasteiger partial charge is 0.360 e. The Kier molecular flexibility index (Phi) is 27.0. The van der Waals surface area contributed by atoms with Crippen LogP contribution >= 0.6 is 0 Å². The van der Waals surface area contributed by atoms with Crippen LogP contribution < -0.4 is 10.6 Å². The number of hydrogen-bond donors (Lipinski definition) is 4. The average Bonchev–Trinajstić information content (AvgIpc) is 2.84. The number of carbonyl (C=O) groups is 4. The topological polar surface area (TPSA) is 151 Å². The van der Waals surface area contributed by atoms with Crippen LogP contribution in [-0.2, 0) is 29.0 Å². The highest BCUT2D eigenvalue weighted by molar-refractivity contribution is 5.82. The quantitative estimate of drug-likeness (QED) is 0.110. The maximum absolute atomic E-state index is 11.2. The van der Waals surface area contributed by atoms with E-state index in [1.807, 2.05) is 0 Å². The third-order valence-corrected chi connectivity index (χ3v) is 5.08. The zero-order chi connectivity index (χ0) is 25.9. The summed E-state index contributed by atoms with van der Waals surface area (Å²) in [6.07, 6.45) is 17.0. The summed E-state index contributed by atoms with van der Waals surface area (Å²) in [6.45, 7) is 3.82. The molecule has 0 unspecified atom stereocenters. The van der Waals surface area contributed by atoms with Gasteiger partial charge in [0.2, 0.25) is 11.8 Å². The van der Waals surface area contributed by atoms with E-state index in [9.17, 15) is 19.2 Å². The molecule has 0 saturated heterocycles. The number of amides is 2. The maximum atomic E-state index is 11.2. The second kappa shape index (κ2) is 27.0. The summed E-state index contributed by atoms with van der Waals surface area (Å²) in [5.74, 6) is -2.05. The Balaban J connectivity index is 0. The monoisotopic (exact) mass is 490 g/mol. The molecular formula is C24H46N2O8. The van der Waals surface area contributed by atoms with Crippen LogP contribution in [0.5, 0.6) is 0 Å². The summed E-state index contributed by atoms with van der Waals surface area (Å²) in [5, 5.41) is 20.7. The number of nitrogens with one attached hydrogen (secondary N) is 2. The minimum absolute atomic E-state index is 0.177. The van der Waals surface area contributed by atoms with Gasteiger partial charge < -0.3 is 10.6 Å². The van der Waals surface area contributed by atoms with Crippen LogP contribution in [0.2, 0.25) is 0 Å². The van der Waals surface area contributed by atoms with Crippen molar-refractivity contribution in [3.05, 3.63) is 0 Å². The van der Waals surface area contributed by atoms with Gasteiger partial charge in [-0.25, -0.2) is 9.59 Å². The molecule has 0 saturated carbocycles. The van der Waals surface area contributed by atoms with Crippen LogP contribution in [0.1, 0.15) is 117 Å². The Morgan fingerprint density at radius 3 is 1.12 bits per heavy atom. The minimum atomic E-state index is -0.849. The Bertz CT molecular complexity index is 483. The lowest BCUT2D eigenvalue weighted by Gasteiger charge is -2.03. The van der Waals surface area contributed by atoms with E-state index in [2.05, 4.69) is 34.3 Å². The summed E-state index contributed by atoms with van der Waals surface area (Å²) in [7, 11) is 0. The first kappa shape index (κ1) is 34.0. The van der Waals surface area contributed by atoms with Gasteiger partial charge in [0.15, 0.2) is 0 Å². The summed E-state index contributed by atoms with van der Waals surface area (Å²) in [6, 6.07) is 0. The summed E-state index contributed by atoms with van der Waals surface area (Å²) in [4.78, 5) is 50.3. The lowest BCUT2D eigenvalue weighted by Crippen LogP contribution is -2.29. The van der Waals surface area contributed by atoms with Crippen LogP contribution in [-0.4, -0.2) is 47.4 Å². The molecule has 4 N–H and O–H groups in total. The van der Waals surface area contributed by atoms with Crippen molar-refractivity contribution in [3.63, 3.8) is 0 Å². The van der Waals surface area contributed by atoms with E-state index in [4.69, 9.17) is 10.5 Å². The average molecular weight is 491 g/mol. The van der Waals surface area contributed by atoms with Crippen molar-refractivity contribution < 1.29 is 39.5 Å². The molecule has 0 aromatic rings. The maximum Gasteiger partial charge on any atom is 0.360 e. The van der Waals surface area contributed by atoms with Crippen molar-refractivity contribution >= 4 is 23.8 Å². The molecule has 0 aliphatic carbocycles. The zero-order valence-electron chi connectivity index (χ0n) is 21.1. The molecule has 0 aliphatic heterocycles. The third-order valence-electron chi connectivity index (χ3n) is 5.08. The highest BCUT2D eigenvalue weighted by Gasteiger charge is 2.06. The number of unbranched alkanes of at least 4 members (excludes halogenated alkanes) is 12. The lowest BCUT2D eigenvalue weighted by atomic mass is 10.1. The fourth-order valence-electron chi connectivity index (χ4n) is 3.07. The van der Waals surface area contributed by atoms with E-state index in [0.29, 0.717) is 12.8 Å². The van der Waals surface area contributed by atoms with Crippen molar-refractivity contribution in [3.8, 4) is 0 Å². The lowest BCUT2D eigenvalue weighted by molar-refractivity contribution is -0.233. The Morgan fingerprint density at radius 2 is 0.824 bits per heavy atom. The smallest absolute Gasteiger partial charge is 0.345 e. The van der Waals surface area contributed by atoms with E-state index < -0.39 is 11.9 Å². The Morgan fingerprint density at radius 1 is 0.529 bits per heavy atom. The van der Waals surface area contributed by atoms with Crippen molar-refractivity contribution in [1.82, 2.24) is 10.6 Å². The molecule has 0 radical (unpaired) electrons. The second-order valence-electron chi connectivity index (χ2n) is 8.22. The zero-order valence-corrected chi connectivity index (χ0v) is 21.1. The highest BCUT2D eigenvalue weighted by atomic mass is 17.1. The van der Waals surface area contributed by atoms with Crippen molar-refractivity contribution in [2.45, 2.75) is 117 Å². The van der Waals surface area contributed by atoms with Gasteiger partial charge in [-0.2, -0.15) is 10.5 Å². The molecule has 0 aromatic heterocycles. The first-order valence-electron chi connectivity index (χ1n) is 12.6. The Hall–Kier alpha value is -2.20. The van der Waals surface area contributed by atoms with Crippen molar-refractivity contribution in [2.75, 3.05) is 13.1 Å². The second-order valence-corrected chi connectivity index (χ2v) is 8.22. The Labute approximate surface area is 204 Å². The molecule has 0 spiro atoms. The van der Waals surface area contributed by atoms with Crippen LogP contribution in [0.3, 0.4) is 0 Å². The van der Waals surface area contributed by atoms with E-state index in [1.165, 1.54) is 51.4 Å². The van der Waals surface area contributed by atoms with E-state index in [0.717, 1.165) is 38.5 Å². The van der Waals surface area contributed by atoms with Gasteiger partial charge in [-0.15, -0.1) is 0 Å². The van der Waals surface area contributed by atoms with Crippen LogP contribution in [0.15, 0.2) is 0 Å². The summed E-state index contributed by atoms with van der Waals surface area (Å²) in [5.41, 5.74) is 0. The molecule has 10 heteroatoms. The summed E-state index contributed by atoms with van der Waals surface area (Å²) < 4.78 is 0. The molecule has 0 aromatic carbocycles. The SMILES string of the molecule is CCCCCCCCCC(=O)NCC(=O)OO.CCCCCCCCCC(=O)NCC(=O)OO. The molecule has 34 heavy (non-hydrogen) atoms. The molecular weight excluding hydrogens is 444 g/mol. The molecule has 0 rings (SSSR count). The first-order valence-corrected chi connectivity index (χ1v) is 12.6. The predicted octanol–water partition coefficient (Wildman–Crippen LogP) is 4.52. The van der Waals surface area contributed by atoms with Crippen LogP contribution in [0.25, 0.3) is 0 Å². The molecule has 0 bridgehead atoms. The molecule has 0 fully saturated rings. The van der Waals surface area contributed by atoms with Gasteiger partial charge in [0, 0.05) is 12.8 Å². The number of hydrogen-bond acceptors (Lipinski definition) is 8. The van der Waals surface area contributed by atoms with Crippen molar-refractivity contribution in [1.29, 1.82) is 0 Å². The third kappa shape index (κ3) is 27.8. The van der Waals surface area contributed by atoms with E-state index in [1.54, 1.807) is 0 Å². The molecule has 0 atom stereocenters.